The van der Waals surface area contributed by atoms with Crippen LogP contribution in [0.4, 0.5) is 5.69 Å². The highest BCUT2D eigenvalue weighted by molar-refractivity contribution is 8.00. The number of fused-ring (bicyclic) bond motifs is 1. The average molecular weight is 452 g/mol. The van der Waals surface area contributed by atoms with Crippen LogP contribution in [0.2, 0.25) is 0 Å². The molecule has 1 amide bonds. The van der Waals surface area contributed by atoms with Crippen LogP contribution < -0.4 is 10.1 Å². The van der Waals surface area contributed by atoms with Crippen LogP contribution in [0.3, 0.4) is 0 Å². The lowest BCUT2D eigenvalue weighted by atomic mass is 9.71. The van der Waals surface area contributed by atoms with Gasteiger partial charge in [0.2, 0.25) is 5.91 Å². The number of anilines is 1. The van der Waals surface area contributed by atoms with Gasteiger partial charge in [-0.25, -0.2) is 4.98 Å². The quantitative estimate of drug-likeness (QED) is 0.522. The molecule has 1 heterocycles. The highest BCUT2D eigenvalue weighted by atomic mass is 32.2. The summed E-state index contributed by atoms with van der Waals surface area (Å²) in [5.41, 5.74) is 3.71. The first-order chi connectivity index (χ1) is 15.3. The number of rotatable bonds is 7. The molecule has 1 N–H and O–H groups in total. The van der Waals surface area contributed by atoms with E-state index in [2.05, 4.69) is 32.2 Å². The van der Waals surface area contributed by atoms with Crippen molar-refractivity contribution in [2.24, 2.45) is 11.3 Å². The van der Waals surface area contributed by atoms with Crippen molar-refractivity contribution in [1.29, 1.82) is 5.26 Å². The van der Waals surface area contributed by atoms with Gasteiger partial charge < -0.3 is 10.1 Å². The van der Waals surface area contributed by atoms with Crippen molar-refractivity contribution >= 4 is 23.4 Å². The number of pyridine rings is 1. The van der Waals surface area contributed by atoms with Gasteiger partial charge in [-0.3, -0.25) is 4.79 Å². The van der Waals surface area contributed by atoms with E-state index in [1.54, 1.807) is 0 Å². The Morgan fingerprint density at radius 3 is 2.75 bits per heavy atom. The van der Waals surface area contributed by atoms with E-state index in [9.17, 15) is 10.1 Å². The number of aromatic nitrogens is 1. The van der Waals surface area contributed by atoms with Crippen molar-refractivity contribution in [3.05, 3.63) is 47.2 Å². The maximum Gasteiger partial charge on any atom is 0.238 e. The minimum absolute atomic E-state index is 0.110. The number of nitriles is 1. The fraction of sp³-hybridized carbons (Fsp3) is 0.500. The van der Waals surface area contributed by atoms with Gasteiger partial charge in [-0.1, -0.05) is 51.6 Å². The monoisotopic (exact) mass is 451 g/mol. The second kappa shape index (κ2) is 10.4. The van der Waals surface area contributed by atoms with Gasteiger partial charge in [0.15, 0.2) is 0 Å². The number of carbonyl (C=O) groups is 1. The van der Waals surface area contributed by atoms with Gasteiger partial charge in [-0.15, -0.1) is 0 Å². The summed E-state index contributed by atoms with van der Waals surface area (Å²) in [4.78, 5) is 17.9. The maximum atomic E-state index is 13.0. The Hall–Kier alpha value is -2.52. The Bertz CT molecular complexity index is 1010. The average Bonchev–Trinajstić information content (AvgIpc) is 2.77. The van der Waals surface area contributed by atoms with Gasteiger partial charge in [0, 0.05) is 5.69 Å². The predicted molar refractivity (Wildman–Crippen MR) is 130 cm³/mol. The molecule has 2 atom stereocenters. The third-order valence-electron chi connectivity index (χ3n) is 6.06. The molecule has 1 aromatic heterocycles. The number of carbonyl (C=O) groups excluding carboxylic acids is 1. The van der Waals surface area contributed by atoms with Crippen LogP contribution in [0, 0.1) is 22.7 Å². The summed E-state index contributed by atoms with van der Waals surface area (Å²) >= 11 is 1.38. The molecule has 1 aliphatic rings. The zero-order chi connectivity index (χ0) is 23.3. The minimum atomic E-state index is -0.353. The van der Waals surface area contributed by atoms with E-state index in [0.717, 1.165) is 25.0 Å². The number of aryl methyl sites for hydroxylation is 1. The second-order valence-corrected chi connectivity index (χ2v) is 10.5. The van der Waals surface area contributed by atoms with E-state index in [1.807, 2.05) is 44.2 Å². The lowest BCUT2D eigenvalue weighted by Crippen LogP contribution is -2.28. The number of para-hydroxylation sites is 2. The summed E-state index contributed by atoms with van der Waals surface area (Å²) in [6.07, 6.45) is 3.60. The third-order valence-corrected chi connectivity index (χ3v) is 7.43. The Balaban J connectivity index is 1.80. The standard InChI is InChI=1S/C26H33N3O2S/c1-6-23(24(30)28-21-10-8-9-11-22(21)31-7-2)32-25-18(16-27)14-17-15-19(26(3,4)5)12-13-20(17)29-25/h8-11,14,19,23H,6-7,12-13,15H2,1-5H3,(H,28,30). The van der Waals surface area contributed by atoms with Crippen molar-refractivity contribution in [2.75, 3.05) is 11.9 Å². The summed E-state index contributed by atoms with van der Waals surface area (Å²) in [5, 5.41) is 13.1. The molecule has 0 saturated heterocycles. The van der Waals surface area contributed by atoms with Crippen LogP contribution in [0.25, 0.3) is 0 Å². The summed E-state index contributed by atoms with van der Waals surface area (Å²) in [7, 11) is 0. The molecule has 0 aliphatic heterocycles. The van der Waals surface area contributed by atoms with Gasteiger partial charge in [0.05, 0.1) is 23.1 Å². The Morgan fingerprint density at radius 1 is 1.34 bits per heavy atom. The molecule has 1 aromatic carbocycles. The van der Waals surface area contributed by atoms with E-state index >= 15 is 0 Å². The molecule has 3 rings (SSSR count). The van der Waals surface area contributed by atoms with E-state index in [4.69, 9.17) is 9.72 Å². The molecule has 0 saturated carbocycles. The highest BCUT2D eigenvalue weighted by Gasteiger charge is 2.30. The van der Waals surface area contributed by atoms with Crippen molar-refractivity contribution in [3.63, 3.8) is 0 Å². The number of nitrogens with zero attached hydrogens (tertiary/aromatic N) is 2. The predicted octanol–water partition coefficient (Wildman–Crippen LogP) is 6.01. The lowest BCUT2D eigenvalue weighted by molar-refractivity contribution is -0.115. The van der Waals surface area contributed by atoms with Gasteiger partial charge >= 0.3 is 0 Å². The zero-order valence-corrected chi connectivity index (χ0v) is 20.5. The van der Waals surface area contributed by atoms with Crippen molar-refractivity contribution in [1.82, 2.24) is 4.98 Å². The number of amides is 1. The van der Waals surface area contributed by atoms with Gasteiger partial charge in [0.1, 0.15) is 16.8 Å². The molecule has 6 heteroatoms. The highest BCUT2D eigenvalue weighted by Crippen LogP contribution is 2.39. The number of thioether (sulfide) groups is 1. The van der Waals surface area contributed by atoms with Crippen LogP contribution in [0.1, 0.15) is 64.3 Å². The van der Waals surface area contributed by atoms with Gasteiger partial charge in [0.25, 0.3) is 0 Å². The maximum absolute atomic E-state index is 13.0. The lowest BCUT2D eigenvalue weighted by Gasteiger charge is -2.34. The zero-order valence-electron chi connectivity index (χ0n) is 19.7. The van der Waals surface area contributed by atoms with E-state index < -0.39 is 0 Å². The number of hydrogen-bond donors (Lipinski definition) is 1. The number of ether oxygens (including phenoxy) is 1. The summed E-state index contributed by atoms with van der Waals surface area (Å²) < 4.78 is 5.62. The Morgan fingerprint density at radius 2 is 2.09 bits per heavy atom. The normalized spacial score (nSPS) is 16.6. The Kier molecular flexibility index (Phi) is 7.84. The van der Waals surface area contributed by atoms with E-state index in [-0.39, 0.29) is 16.6 Å². The SMILES string of the molecule is CCOc1ccccc1NC(=O)C(CC)Sc1nc2c(cc1C#N)CC(C(C)(C)C)CC2. The first kappa shape index (κ1) is 24.1. The largest absolute Gasteiger partial charge is 0.492 e. The third kappa shape index (κ3) is 5.63. The number of nitrogens with one attached hydrogen (secondary N) is 1. The fourth-order valence-electron chi connectivity index (χ4n) is 4.08. The molecule has 1 aliphatic carbocycles. The second-order valence-electron chi connectivity index (χ2n) is 9.30. The number of hydrogen-bond acceptors (Lipinski definition) is 5. The van der Waals surface area contributed by atoms with Crippen LogP contribution >= 0.6 is 11.8 Å². The Labute approximate surface area is 196 Å². The molecular formula is C26H33N3O2S. The molecule has 0 spiro atoms. The van der Waals surface area contributed by atoms with Crippen molar-refractivity contribution in [2.45, 2.75) is 70.6 Å². The molecule has 0 radical (unpaired) electrons. The fourth-order valence-corrected chi connectivity index (χ4v) is 5.07. The van der Waals surface area contributed by atoms with E-state index in [1.165, 1.54) is 17.3 Å². The molecule has 2 aromatic rings. The minimum Gasteiger partial charge on any atom is -0.492 e. The van der Waals surface area contributed by atoms with Crippen LogP contribution in [-0.4, -0.2) is 22.7 Å². The van der Waals surface area contributed by atoms with Crippen molar-refractivity contribution in [3.8, 4) is 11.8 Å². The molecule has 2 unspecified atom stereocenters. The summed E-state index contributed by atoms with van der Waals surface area (Å²) in [6.45, 7) is 11.3. The topological polar surface area (TPSA) is 75.0 Å². The molecule has 32 heavy (non-hydrogen) atoms. The van der Waals surface area contributed by atoms with Gasteiger partial charge in [-0.2, -0.15) is 5.26 Å². The summed E-state index contributed by atoms with van der Waals surface area (Å²) in [6, 6.07) is 11.7. The first-order valence-electron chi connectivity index (χ1n) is 11.4. The smallest absolute Gasteiger partial charge is 0.238 e. The van der Waals surface area contributed by atoms with Crippen LogP contribution in [-0.2, 0) is 17.6 Å². The molecule has 5 nitrogen and oxygen atoms in total. The van der Waals surface area contributed by atoms with E-state index in [0.29, 0.717) is 41.0 Å². The molecule has 170 valence electrons. The van der Waals surface area contributed by atoms with Crippen LogP contribution in [0.15, 0.2) is 35.4 Å². The molecule has 0 fully saturated rings. The summed E-state index contributed by atoms with van der Waals surface area (Å²) in [5.74, 6) is 1.13. The van der Waals surface area contributed by atoms with Gasteiger partial charge in [-0.05, 0) is 67.7 Å². The van der Waals surface area contributed by atoms with Crippen molar-refractivity contribution < 1.29 is 9.53 Å². The molecule has 0 bridgehead atoms. The first-order valence-corrected chi connectivity index (χ1v) is 12.3. The van der Waals surface area contributed by atoms with Crippen LogP contribution in [0.5, 0.6) is 5.75 Å². The number of benzene rings is 1. The molecular weight excluding hydrogens is 418 g/mol.